The number of nitrogens with one attached hydrogen (secondary N) is 1. The molecule has 2 heterocycles. The molecule has 0 saturated carbocycles. The van der Waals surface area contributed by atoms with Gasteiger partial charge in [-0.3, -0.25) is 14.9 Å². The maximum absolute atomic E-state index is 11.7. The van der Waals surface area contributed by atoms with Crippen molar-refractivity contribution >= 4 is 28.9 Å². The van der Waals surface area contributed by atoms with E-state index in [1.165, 1.54) is 6.20 Å². The van der Waals surface area contributed by atoms with Crippen molar-refractivity contribution in [2.24, 2.45) is 0 Å². The Hall–Kier alpha value is -1.90. The van der Waals surface area contributed by atoms with Crippen LogP contribution in [0.5, 0.6) is 0 Å². The van der Waals surface area contributed by atoms with Gasteiger partial charge in [0, 0.05) is 0 Å². The van der Waals surface area contributed by atoms with Gasteiger partial charge in [0.05, 0.1) is 6.20 Å². The lowest BCUT2D eigenvalue weighted by Crippen LogP contribution is -2.24. The Morgan fingerprint density at radius 3 is 2.68 bits per heavy atom. The molecule has 0 radical (unpaired) electrons. The lowest BCUT2D eigenvalue weighted by molar-refractivity contribution is -0.120. The van der Waals surface area contributed by atoms with E-state index in [0.717, 1.165) is 16.4 Å². The molecule has 1 saturated heterocycles. The topological polar surface area (TPSA) is 103 Å². The van der Waals surface area contributed by atoms with Gasteiger partial charge in [0.25, 0.3) is 11.1 Å². The Morgan fingerprint density at radius 1 is 1.47 bits per heavy atom. The van der Waals surface area contributed by atoms with Gasteiger partial charge in [-0.15, -0.1) is 5.10 Å². The summed E-state index contributed by atoms with van der Waals surface area (Å²) in [7, 11) is 0. The van der Waals surface area contributed by atoms with Crippen LogP contribution in [0.15, 0.2) is 6.20 Å². The molecule has 0 aromatic carbocycles. The smallest absolute Gasteiger partial charge is 0.361 e. The Balaban J connectivity index is 2.13. The number of hydrogen-bond donors (Lipinski definition) is 1. The number of thioether (sulfide) groups is 1. The van der Waals surface area contributed by atoms with Crippen molar-refractivity contribution in [3.05, 3.63) is 11.9 Å². The van der Waals surface area contributed by atoms with Crippen molar-refractivity contribution in [3.63, 3.8) is 0 Å². The summed E-state index contributed by atoms with van der Waals surface area (Å²) in [6.45, 7) is 5.19. The summed E-state index contributed by atoms with van der Waals surface area (Å²) >= 11 is 0.774. The molecule has 0 unspecified atom stereocenters. The molecule has 1 fully saturated rings. The van der Waals surface area contributed by atoms with Gasteiger partial charge in [-0.25, -0.2) is 9.48 Å². The van der Waals surface area contributed by atoms with Gasteiger partial charge in [-0.1, -0.05) is 5.21 Å². The fourth-order valence-electron chi connectivity index (χ4n) is 1.34. The SMILES string of the molecule is CC(C)(C)OC(=O)c1cn([C@H]2SC(=O)NC2=O)nn1. The Morgan fingerprint density at radius 2 is 2.16 bits per heavy atom. The third kappa shape index (κ3) is 3.11. The van der Waals surface area contributed by atoms with E-state index in [4.69, 9.17) is 4.74 Å². The van der Waals surface area contributed by atoms with E-state index in [-0.39, 0.29) is 5.69 Å². The number of carbonyl (C=O) groups excluding carboxylic acids is 3. The number of rotatable bonds is 2. The number of esters is 1. The normalized spacial score (nSPS) is 19.4. The first kappa shape index (κ1) is 13.5. The molecule has 0 bridgehead atoms. The van der Waals surface area contributed by atoms with Crippen LogP contribution in [0.2, 0.25) is 0 Å². The highest BCUT2D eigenvalue weighted by Crippen LogP contribution is 2.28. The van der Waals surface area contributed by atoms with Gasteiger partial charge in [0.2, 0.25) is 0 Å². The largest absolute Gasteiger partial charge is 0.455 e. The van der Waals surface area contributed by atoms with Crippen LogP contribution < -0.4 is 5.32 Å². The summed E-state index contributed by atoms with van der Waals surface area (Å²) in [6.07, 6.45) is 1.28. The van der Waals surface area contributed by atoms with Gasteiger partial charge >= 0.3 is 5.97 Å². The summed E-state index contributed by atoms with van der Waals surface area (Å²) in [5.74, 6) is -1.12. The summed E-state index contributed by atoms with van der Waals surface area (Å²) in [6, 6.07) is 0. The summed E-state index contributed by atoms with van der Waals surface area (Å²) in [5.41, 5.74) is -0.654. The molecular weight excluding hydrogens is 272 g/mol. The van der Waals surface area contributed by atoms with Gasteiger partial charge in [0.1, 0.15) is 5.60 Å². The molecule has 2 amide bonds. The lowest BCUT2D eigenvalue weighted by Gasteiger charge is -2.18. The van der Waals surface area contributed by atoms with Crippen molar-refractivity contribution in [3.8, 4) is 0 Å². The van der Waals surface area contributed by atoms with Gasteiger partial charge in [0.15, 0.2) is 11.1 Å². The molecule has 1 aliphatic heterocycles. The molecule has 0 aliphatic carbocycles. The predicted molar refractivity (Wildman–Crippen MR) is 65.4 cm³/mol. The van der Waals surface area contributed by atoms with E-state index < -0.39 is 28.1 Å². The van der Waals surface area contributed by atoms with Crippen molar-refractivity contribution in [2.45, 2.75) is 31.7 Å². The van der Waals surface area contributed by atoms with Gasteiger partial charge < -0.3 is 4.74 Å². The van der Waals surface area contributed by atoms with Crippen molar-refractivity contribution in [1.29, 1.82) is 0 Å². The minimum atomic E-state index is -0.837. The van der Waals surface area contributed by atoms with Crippen LogP contribution in [0, 0.1) is 0 Å². The van der Waals surface area contributed by atoms with Crippen molar-refractivity contribution in [1.82, 2.24) is 20.3 Å². The minimum absolute atomic E-state index is 0.0114. The van der Waals surface area contributed by atoms with Gasteiger partial charge in [-0.05, 0) is 32.5 Å². The molecule has 1 atom stereocenters. The lowest BCUT2D eigenvalue weighted by atomic mass is 10.2. The van der Waals surface area contributed by atoms with Crippen LogP contribution in [0.4, 0.5) is 4.79 Å². The number of imide groups is 1. The zero-order valence-electron chi connectivity index (χ0n) is 10.5. The molecule has 0 spiro atoms. The molecule has 1 aliphatic rings. The van der Waals surface area contributed by atoms with Crippen LogP contribution in [-0.4, -0.2) is 37.7 Å². The van der Waals surface area contributed by atoms with Crippen LogP contribution in [0.3, 0.4) is 0 Å². The van der Waals surface area contributed by atoms with E-state index in [1.54, 1.807) is 20.8 Å². The second-order valence-corrected chi connectivity index (χ2v) is 5.89. The van der Waals surface area contributed by atoms with Crippen molar-refractivity contribution < 1.29 is 19.1 Å². The zero-order chi connectivity index (χ0) is 14.2. The minimum Gasteiger partial charge on any atom is -0.455 e. The average molecular weight is 284 g/mol. The maximum atomic E-state index is 11.7. The van der Waals surface area contributed by atoms with E-state index in [1.807, 2.05) is 0 Å². The van der Waals surface area contributed by atoms with Gasteiger partial charge in [-0.2, -0.15) is 0 Å². The highest BCUT2D eigenvalue weighted by atomic mass is 32.2. The number of aromatic nitrogens is 3. The Kier molecular flexibility index (Phi) is 3.31. The number of hydrogen-bond acceptors (Lipinski definition) is 7. The number of carbonyl (C=O) groups is 3. The quantitative estimate of drug-likeness (QED) is 0.798. The van der Waals surface area contributed by atoms with E-state index in [9.17, 15) is 14.4 Å². The Labute approximate surface area is 112 Å². The average Bonchev–Trinajstić information content (AvgIpc) is 2.82. The van der Waals surface area contributed by atoms with Crippen molar-refractivity contribution in [2.75, 3.05) is 0 Å². The third-order valence-electron chi connectivity index (χ3n) is 2.03. The maximum Gasteiger partial charge on any atom is 0.361 e. The Bertz CT molecular complexity index is 548. The fourth-order valence-corrected chi connectivity index (χ4v) is 2.08. The third-order valence-corrected chi connectivity index (χ3v) is 3.00. The number of ether oxygens (including phenoxy) is 1. The van der Waals surface area contributed by atoms with E-state index in [0.29, 0.717) is 0 Å². The first-order chi connectivity index (χ1) is 8.76. The molecular formula is C10H12N4O4S. The molecule has 1 N–H and O–H groups in total. The number of nitrogens with zero attached hydrogens (tertiary/aromatic N) is 3. The molecule has 9 heteroatoms. The van der Waals surface area contributed by atoms with Crippen LogP contribution >= 0.6 is 11.8 Å². The summed E-state index contributed by atoms with van der Waals surface area (Å²) < 4.78 is 6.28. The monoisotopic (exact) mass is 284 g/mol. The molecule has 2 rings (SSSR count). The van der Waals surface area contributed by atoms with Crippen LogP contribution in [0.25, 0.3) is 0 Å². The zero-order valence-corrected chi connectivity index (χ0v) is 11.4. The molecule has 1 aromatic heterocycles. The highest BCUT2D eigenvalue weighted by molar-refractivity contribution is 8.14. The fraction of sp³-hybridized carbons (Fsp3) is 0.500. The second kappa shape index (κ2) is 4.65. The van der Waals surface area contributed by atoms with E-state index in [2.05, 4.69) is 15.6 Å². The molecule has 8 nitrogen and oxygen atoms in total. The number of amides is 2. The first-order valence-corrected chi connectivity index (χ1v) is 6.31. The summed E-state index contributed by atoms with van der Waals surface area (Å²) in [5, 5.41) is 8.14. The summed E-state index contributed by atoms with van der Waals surface area (Å²) in [4.78, 5) is 34.2. The second-order valence-electron chi connectivity index (χ2n) is 4.83. The van der Waals surface area contributed by atoms with Crippen LogP contribution in [-0.2, 0) is 9.53 Å². The standard InChI is InChI=1S/C10H12N4O4S/c1-10(2,3)18-8(16)5-4-14(13-12-5)7-6(15)11-9(17)19-7/h4,7H,1-3H3,(H,11,15,17)/t7-/m0/s1. The molecule has 1 aromatic rings. The predicted octanol–water partition coefficient (Wildman–Crippen LogP) is 0.715. The van der Waals surface area contributed by atoms with E-state index >= 15 is 0 Å². The highest BCUT2D eigenvalue weighted by Gasteiger charge is 2.34. The molecule has 102 valence electrons. The molecule has 19 heavy (non-hydrogen) atoms. The first-order valence-electron chi connectivity index (χ1n) is 5.43. The van der Waals surface area contributed by atoms with Crippen LogP contribution in [0.1, 0.15) is 36.6 Å².